The second-order valence-corrected chi connectivity index (χ2v) is 5.53. The van der Waals surface area contributed by atoms with Crippen molar-refractivity contribution in [3.8, 4) is 0 Å². The summed E-state index contributed by atoms with van der Waals surface area (Å²) in [6.07, 6.45) is 4.71. The van der Waals surface area contributed by atoms with E-state index in [1.165, 1.54) is 7.11 Å². The van der Waals surface area contributed by atoms with Gasteiger partial charge < -0.3 is 9.64 Å². The van der Waals surface area contributed by atoms with E-state index in [1.54, 1.807) is 10.9 Å². The van der Waals surface area contributed by atoms with Gasteiger partial charge in [-0.3, -0.25) is 14.3 Å². The van der Waals surface area contributed by atoms with Crippen LogP contribution in [0, 0.1) is 5.92 Å². The van der Waals surface area contributed by atoms with Crippen LogP contribution in [0.4, 0.5) is 0 Å². The summed E-state index contributed by atoms with van der Waals surface area (Å²) < 4.78 is 6.68. The van der Waals surface area contributed by atoms with Gasteiger partial charge >= 0.3 is 5.97 Å². The third kappa shape index (κ3) is 2.09. The van der Waals surface area contributed by atoms with Crippen molar-refractivity contribution >= 4 is 11.9 Å². The van der Waals surface area contributed by atoms with E-state index >= 15 is 0 Å². The molecule has 2 aliphatic rings. The highest BCUT2D eigenvalue weighted by atomic mass is 16.5. The van der Waals surface area contributed by atoms with Gasteiger partial charge in [0.05, 0.1) is 24.8 Å². The zero-order valence-electron chi connectivity index (χ0n) is 11.8. The van der Waals surface area contributed by atoms with Gasteiger partial charge in [0.1, 0.15) is 0 Å². The van der Waals surface area contributed by atoms with E-state index in [4.69, 9.17) is 4.74 Å². The summed E-state index contributed by atoms with van der Waals surface area (Å²) in [5, 5.41) is 4.18. The minimum atomic E-state index is -0.298. The van der Waals surface area contributed by atoms with Crippen LogP contribution in [0.2, 0.25) is 0 Å². The lowest BCUT2D eigenvalue weighted by atomic mass is 9.86. The molecule has 0 N–H and O–H groups in total. The minimum Gasteiger partial charge on any atom is -0.469 e. The Labute approximate surface area is 117 Å². The molecule has 3 rings (SSSR count). The normalized spacial score (nSPS) is 26.7. The fraction of sp³-hybridized carbons (Fsp3) is 0.643. The van der Waals surface area contributed by atoms with Crippen molar-refractivity contribution in [3.05, 3.63) is 18.0 Å². The molecule has 1 aromatic heterocycles. The molecule has 2 atom stereocenters. The van der Waals surface area contributed by atoms with Crippen LogP contribution in [0.15, 0.2) is 12.3 Å². The molecule has 6 nitrogen and oxygen atoms in total. The number of carbonyl (C=O) groups is 2. The van der Waals surface area contributed by atoms with Gasteiger partial charge in [0.15, 0.2) is 0 Å². The number of esters is 1. The van der Waals surface area contributed by atoms with Crippen molar-refractivity contribution in [3.63, 3.8) is 0 Å². The van der Waals surface area contributed by atoms with Crippen molar-refractivity contribution in [2.24, 2.45) is 13.0 Å². The first kappa shape index (κ1) is 13.1. The molecule has 1 saturated carbocycles. The monoisotopic (exact) mass is 277 g/mol. The van der Waals surface area contributed by atoms with Crippen molar-refractivity contribution in [1.82, 2.24) is 14.7 Å². The Morgan fingerprint density at radius 3 is 2.70 bits per heavy atom. The van der Waals surface area contributed by atoms with Crippen molar-refractivity contribution in [1.29, 1.82) is 0 Å². The van der Waals surface area contributed by atoms with E-state index < -0.39 is 0 Å². The Hall–Kier alpha value is -1.85. The summed E-state index contributed by atoms with van der Waals surface area (Å²) in [5.41, 5.74) is 0.903. The second kappa shape index (κ2) is 4.92. The zero-order valence-corrected chi connectivity index (χ0v) is 11.8. The quantitative estimate of drug-likeness (QED) is 0.774. The molecule has 20 heavy (non-hydrogen) atoms. The summed E-state index contributed by atoms with van der Waals surface area (Å²) in [5.74, 6) is -0.401. The standard InChI is InChI=1S/C14H19N3O3/c1-16-11(7-8-15-16)13-10(14(19)20-2)5-6-12(18)17(13)9-3-4-9/h7-10,13H,3-6H2,1-2H3/t10-,13+/m0/s1. The Morgan fingerprint density at radius 1 is 1.40 bits per heavy atom. The largest absolute Gasteiger partial charge is 0.469 e. The maximum Gasteiger partial charge on any atom is 0.311 e. The van der Waals surface area contributed by atoms with Crippen LogP contribution >= 0.6 is 0 Å². The molecular weight excluding hydrogens is 258 g/mol. The topological polar surface area (TPSA) is 64.4 Å². The van der Waals surface area contributed by atoms with E-state index in [0.29, 0.717) is 12.8 Å². The molecule has 1 aliphatic carbocycles. The lowest BCUT2D eigenvalue weighted by Crippen LogP contribution is -2.47. The Balaban J connectivity index is 2.00. The predicted molar refractivity (Wildman–Crippen MR) is 70.6 cm³/mol. The number of nitrogens with zero attached hydrogens (tertiary/aromatic N) is 3. The fourth-order valence-corrected chi connectivity index (χ4v) is 3.12. The summed E-state index contributed by atoms with van der Waals surface area (Å²) in [6.45, 7) is 0. The van der Waals surface area contributed by atoms with Gasteiger partial charge in [-0.15, -0.1) is 0 Å². The molecule has 1 aliphatic heterocycles. The van der Waals surface area contributed by atoms with E-state index in [1.807, 2.05) is 18.0 Å². The van der Waals surface area contributed by atoms with E-state index in [2.05, 4.69) is 5.10 Å². The van der Waals surface area contributed by atoms with Gasteiger partial charge in [0, 0.05) is 25.7 Å². The van der Waals surface area contributed by atoms with E-state index in [-0.39, 0.29) is 29.9 Å². The highest BCUT2D eigenvalue weighted by Crippen LogP contribution is 2.43. The van der Waals surface area contributed by atoms with Crippen molar-refractivity contribution in [2.45, 2.75) is 37.8 Å². The van der Waals surface area contributed by atoms with Crippen LogP contribution in [0.25, 0.3) is 0 Å². The molecule has 0 unspecified atom stereocenters. The Kier molecular flexibility index (Phi) is 3.23. The third-order valence-corrected chi connectivity index (χ3v) is 4.24. The highest BCUT2D eigenvalue weighted by molar-refractivity contribution is 5.82. The number of hydrogen-bond acceptors (Lipinski definition) is 4. The summed E-state index contributed by atoms with van der Waals surface area (Å²) in [4.78, 5) is 26.3. The maximum atomic E-state index is 12.3. The number of aromatic nitrogens is 2. The van der Waals surface area contributed by atoms with Crippen LogP contribution in [0.3, 0.4) is 0 Å². The number of carbonyl (C=O) groups excluding carboxylic acids is 2. The molecule has 0 aromatic carbocycles. The second-order valence-electron chi connectivity index (χ2n) is 5.53. The molecular formula is C14H19N3O3. The zero-order chi connectivity index (χ0) is 14.3. The predicted octanol–water partition coefficient (Wildman–Crippen LogP) is 1.04. The van der Waals surface area contributed by atoms with Crippen molar-refractivity contribution in [2.75, 3.05) is 7.11 Å². The number of piperidine rings is 1. The molecule has 1 saturated heterocycles. The molecule has 1 amide bonds. The molecule has 1 aromatic rings. The number of hydrogen-bond donors (Lipinski definition) is 0. The first-order chi connectivity index (χ1) is 9.63. The first-order valence-electron chi connectivity index (χ1n) is 7.00. The lowest BCUT2D eigenvalue weighted by molar-refractivity contribution is -0.155. The molecule has 0 bridgehead atoms. The van der Waals surface area contributed by atoms with Crippen LogP contribution in [-0.2, 0) is 21.4 Å². The SMILES string of the molecule is COC(=O)[C@H]1CCC(=O)N(C2CC2)[C@H]1c1ccnn1C. The summed E-state index contributed by atoms with van der Waals surface area (Å²) in [7, 11) is 3.24. The molecule has 6 heteroatoms. The molecule has 0 radical (unpaired) electrons. The first-order valence-corrected chi connectivity index (χ1v) is 7.00. The van der Waals surface area contributed by atoms with E-state index in [9.17, 15) is 9.59 Å². The summed E-state index contributed by atoms with van der Waals surface area (Å²) >= 11 is 0. The molecule has 0 spiro atoms. The minimum absolute atomic E-state index is 0.138. The third-order valence-electron chi connectivity index (χ3n) is 4.24. The number of rotatable bonds is 3. The molecule has 108 valence electrons. The fourth-order valence-electron chi connectivity index (χ4n) is 3.12. The smallest absolute Gasteiger partial charge is 0.311 e. The van der Waals surface area contributed by atoms with Crippen LogP contribution in [0.1, 0.15) is 37.4 Å². The molecule has 2 fully saturated rings. The average Bonchev–Trinajstić information content (AvgIpc) is 3.19. The van der Waals surface area contributed by atoms with Crippen molar-refractivity contribution < 1.29 is 14.3 Å². The highest BCUT2D eigenvalue weighted by Gasteiger charge is 2.47. The van der Waals surface area contributed by atoms with E-state index in [0.717, 1.165) is 18.5 Å². The number of ether oxygens (including phenoxy) is 1. The van der Waals surface area contributed by atoms with Gasteiger partial charge in [0.25, 0.3) is 0 Å². The average molecular weight is 277 g/mol. The molecule has 2 heterocycles. The van der Waals surface area contributed by atoms with Gasteiger partial charge in [0.2, 0.25) is 5.91 Å². The van der Waals surface area contributed by atoms with Crippen LogP contribution in [0.5, 0.6) is 0 Å². The Morgan fingerprint density at radius 2 is 2.15 bits per heavy atom. The lowest BCUT2D eigenvalue weighted by Gasteiger charge is -2.40. The number of likely N-dealkylation sites (tertiary alicyclic amines) is 1. The van der Waals surface area contributed by atoms with Gasteiger partial charge in [-0.1, -0.05) is 0 Å². The number of methoxy groups -OCH3 is 1. The number of amides is 1. The number of aryl methyl sites for hydroxylation is 1. The van der Waals surface area contributed by atoms with Crippen LogP contribution in [-0.4, -0.2) is 39.7 Å². The Bertz CT molecular complexity index is 536. The van der Waals surface area contributed by atoms with Gasteiger partial charge in [-0.05, 0) is 25.3 Å². The maximum absolute atomic E-state index is 12.3. The van der Waals surface area contributed by atoms with Crippen LogP contribution < -0.4 is 0 Å². The summed E-state index contributed by atoms with van der Waals surface area (Å²) in [6, 6.07) is 1.91. The van der Waals surface area contributed by atoms with Gasteiger partial charge in [-0.2, -0.15) is 5.10 Å². The van der Waals surface area contributed by atoms with Gasteiger partial charge in [-0.25, -0.2) is 0 Å².